The van der Waals surface area contributed by atoms with Gasteiger partial charge in [-0.25, -0.2) is 4.98 Å². The van der Waals surface area contributed by atoms with Crippen molar-refractivity contribution in [3.05, 3.63) is 27.9 Å². The Balaban J connectivity index is 2.76. The van der Waals surface area contributed by atoms with E-state index in [0.29, 0.717) is 5.56 Å². The second kappa shape index (κ2) is 6.64. The van der Waals surface area contributed by atoms with Crippen LogP contribution in [0.2, 0.25) is 0 Å². The van der Waals surface area contributed by atoms with Crippen molar-refractivity contribution < 1.29 is 19.6 Å². The summed E-state index contributed by atoms with van der Waals surface area (Å²) in [5.41, 5.74) is 0.524. The molecule has 0 aliphatic carbocycles. The first-order valence-electron chi connectivity index (χ1n) is 5.53. The Morgan fingerprint density at radius 3 is 2.89 bits per heavy atom. The third-order valence-electron chi connectivity index (χ3n) is 2.43. The Labute approximate surface area is 109 Å². The number of aryl methyl sites for hydroxylation is 1. The Morgan fingerprint density at radius 1 is 1.68 bits per heavy atom. The van der Waals surface area contributed by atoms with E-state index in [1.54, 1.807) is 6.92 Å². The van der Waals surface area contributed by atoms with Crippen molar-refractivity contribution >= 4 is 17.5 Å². The average molecular weight is 269 g/mol. The molecule has 1 aromatic heterocycles. The molecule has 0 bridgehead atoms. The van der Waals surface area contributed by atoms with Gasteiger partial charge in [0.1, 0.15) is 0 Å². The summed E-state index contributed by atoms with van der Waals surface area (Å²) in [5, 5.41) is 22.3. The van der Waals surface area contributed by atoms with Crippen molar-refractivity contribution in [1.29, 1.82) is 0 Å². The summed E-state index contributed by atoms with van der Waals surface area (Å²) >= 11 is 0. The highest BCUT2D eigenvalue weighted by Gasteiger charge is 2.18. The van der Waals surface area contributed by atoms with Crippen LogP contribution in [0, 0.1) is 17.0 Å². The Morgan fingerprint density at radius 2 is 2.37 bits per heavy atom. The number of methoxy groups -OCH3 is 1. The molecule has 0 saturated heterocycles. The third kappa shape index (κ3) is 4.51. The number of aromatic nitrogens is 1. The molecule has 104 valence electrons. The minimum absolute atomic E-state index is 0.100. The summed E-state index contributed by atoms with van der Waals surface area (Å²) in [6.07, 6.45) is 0.720. The number of nitro groups is 1. The number of anilines is 1. The standard InChI is InChI=1S/C11H15N3O5/c1-7-3-9(14(17)18)11(12-5-7)13-6-8(19-2)4-10(15)16/h3,5,8H,4,6H2,1-2H3,(H,12,13)(H,15,16). The van der Waals surface area contributed by atoms with E-state index in [1.165, 1.54) is 19.4 Å². The largest absolute Gasteiger partial charge is 0.481 e. The van der Waals surface area contributed by atoms with Crippen molar-refractivity contribution in [3.8, 4) is 0 Å². The van der Waals surface area contributed by atoms with Gasteiger partial charge in [-0.3, -0.25) is 14.9 Å². The molecule has 1 heterocycles. The van der Waals surface area contributed by atoms with Crippen LogP contribution < -0.4 is 5.32 Å². The van der Waals surface area contributed by atoms with Gasteiger partial charge in [0, 0.05) is 25.9 Å². The topological polar surface area (TPSA) is 115 Å². The van der Waals surface area contributed by atoms with Crippen LogP contribution in [0.3, 0.4) is 0 Å². The summed E-state index contributed by atoms with van der Waals surface area (Å²) in [4.78, 5) is 24.8. The first-order chi connectivity index (χ1) is 8.93. The third-order valence-corrected chi connectivity index (χ3v) is 2.43. The zero-order chi connectivity index (χ0) is 14.4. The average Bonchev–Trinajstić information content (AvgIpc) is 2.34. The maximum absolute atomic E-state index is 10.9. The molecule has 0 amide bonds. The molecule has 8 heteroatoms. The summed E-state index contributed by atoms with van der Waals surface area (Å²) in [6, 6.07) is 1.40. The Hall–Kier alpha value is -2.22. The second-order valence-electron chi connectivity index (χ2n) is 3.97. The first kappa shape index (κ1) is 14.8. The molecule has 1 rings (SSSR count). The molecular formula is C11H15N3O5. The van der Waals surface area contributed by atoms with E-state index < -0.39 is 17.0 Å². The maximum Gasteiger partial charge on any atom is 0.311 e. The van der Waals surface area contributed by atoms with Gasteiger partial charge in [0.05, 0.1) is 17.4 Å². The van der Waals surface area contributed by atoms with E-state index in [9.17, 15) is 14.9 Å². The van der Waals surface area contributed by atoms with Gasteiger partial charge in [0.15, 0.2) is 0 Å². The summed E-state index contributed by atoms with van der Waals surface area (Å²) < 4.78 is 4.97. The number of pyridine rings is 1. The van der Waals surface area contributed by atoms with Gasteiger partial charge >= 0.3 is 11.7 Å². The van der Waals surface area contributed by atoms with Crippen molar-refractivity contribution in [2.75, 3.05) is 19.0 Å². The van der Waals surface area contributed by atoms with Gasteiger partial charge in [-0.1, -0.05) is 0 Å². The van der Waals surface area contributed by atoms with Crippen LogP contribution in [0.1, 0.15) is 12.0 Å². The molecule has 0 saturated carbocycles. The lowest BCUT2D eigenvalue weighted by atomic mass is 10.2. The van der Waals surface area contributed by atoms with Crippen molar-refractivity contribution in [3.63, 3.8) is 0 Å². The number of carbonyl (C=O) groups is 1. The molecular weight excluding hydrogens is 254 g/mol. The monoisotopic (exact) mass is 269 g/mol. The number of nitrogens with zero attached hydrogens (tertiary/aromatic N) is 2. The molecule has 0 aromatic carbocycles. The number of nitrogens with one attached hydrogen (secondary N) is 1. The van der Waals surface area contributed by atoms with Crippen molar-refractivity contribution in [2.45, 2.75) is 19.4 Å². The molecule has 19 heavy (non-hydrogen) atoms. The molecule has 1 atom stereocenters. The lowest BCUT2D eigenvalue weighted by Crippen LogP contribution is -2.25. The Kier molecular flexibility index (Phi) is 5.19. The molecule has 0 aliphatic heterocycles. The fourth-order valence-electron chi connectivity index (χ4n) is 1.47. The molecule has 2 N–H and O–H groups in total. The number of rotatable bonds is 7. The lowest BCUT2D eigenvalue weighted by molar-refractivity contribution is -0.384. The summed E-state index contributed by atoms with van der Waals surface area (Å²) in [7, 11) is 1.38. The normalized spacial score (nSPS) is 11.9. The maximum atomic E-state index is 10.9. The highest BCUT2D eigenvalue weighted by atomic mass is 16.6. The molecule has 8 nitrogen and oxygen atoms in total. The highest BCUT2D eigenvalue weighted by molar-refractivity contribution is 5.67. The van der Waals surface area contributed by atoms with E-state index >= 15 is 0 Å². The van der Waals surface area contributed by atoms with Crippen LogP contribution in [0.25, 0.3) is 0 Å². The van der Waals surface area contributed by atoms with E-state index in [0.717, 1.165) is 0 Å². The fraction of sp³-hybridized carbons (Fsp3) is 0.455. The van der Waals surface area contributed by atoms with Gasteiger partial charge in [0.25, 0.3) is 0 Å². The van der Waals surface area contributed by atoms with Gasteiger partial charge in [0.2, 0.25) is 5.82 Å². The predicted octanol–water partition coefficient (Wildman–Crippen LogP) is 1.20. The number of carboxylic acids is 1. The van der Waals surface area contributed by atoms with Crippen LogP contribution in [0.5, 0.6) is 0 Å². The van der Waals surface area contributed by atoms with Crippen LogP contribution in [0.15, 0.2) is 12.3 Å². The quantitative estimate of drug-likeness (QED) is 0.564. The minimum Gasteiger partial charge on any atom is -0.481 e. The van der Waals surface area contributed by atoms with Gasteiger partial charge < -0.3 is 15.2 Å². The predicted molar refractivity (Wildman–Crippen MR) is 67.2 cm³/mol. The fourth-order valence-corrected chi connectivity index (χ4v) is 1.47. The van der Waals surface area contributed by atoms with Crippen molar-refractivity contribution in [1.82, 2.24) is 4.98 Å². The SMILES string of the molecule is COC(CNc1ncc(C)cc1[N+](=O)[O-])CC(=O)O. The molecule has 0 radical (unpaired) electrons. The first-order valence-corrected chi connectivity index (χ1v) is 5.53. The summed E-state index contributed by atoms with van der Waals surface area (Å²) in [6.45, 7) is 1.83. The second-order valence-corrected chi connectivity index (χ2v) is 3.97. The number of hydrogen-bond acceptors (Lipinski definition) is 6. The highest BCUT2D eigenvalue weighted by Crippen LogP contribution is 2.22. The molecule has 1 aromatic rings. The van der Waals surface area contributed by atoms with Gasteiger partial charge in [-0.2, -0.15) is 0 Å². The zero-order valence-corrected chi connectivity index (χ0v) is 10.6. The van der Waals surface area contributed by atoms with Crippen LogP contribution in [-0.4, -0.2) is 40.7 Å². The smallest absolute Gasteiger partial charge is 0.311 e. The number of hydrogen-bond donors (Lipinski definition) is 2. The molecule has 0 aliphatic rings. The van der Waals surface area contributed by atoms with E-state index in [4.69, 9.17) is 9.84 Å². The van der Waals surface area contributed by atoms with E-state index in [-0.39, 0.29) is 24.5 Å². The summed E-state index contributed by atoms with van der Waals surface area (Å²) in [5.74, 6) is -0.900. The molecule has 0 spiro atoms. The number of carboxylic acid groups (broad SMARTS) is 1. The number of ether oxygens (including phenoxy) is 1. The van der Waals surface area contributed by atoms with Crippen molar-refractivity contribution in [2.24, 2.45) is 0 Å². The Bertz CT molecular complexity index is 477. The van der Waals surface area contributed by atoms with Gasteiger partial charge in [-0.15, -0.1) is 0 Å². The molecule has 0 fully saturated rings. The van der Waals surface area contributed by atoms with Crippen LogP contribution in [0.4, 0.5) is 11.5 Å². The molecule has 1 unspecified atom stereocenters. The van der Waals surface area contributed by atoms with E-state index in [1.807, 2.05) is 0 Å². The minimum atomic E-state index is -1.000. The zero-order valence-electron chi connectivity index (χ0n) is 10.6. The van der Waals surface area contributed by atoms with Crippen LogP contribution >= 0.6 is 0 Å². The lowest BCUT2D eigenvalue weighted by Gasteiger charge is -2.14. The van der Waals surface area contributed by atoms with E-state index in [2.05, 4.69) is 10.3 Å². The van der Waals surface area contributed by atoms with Crippen LogP contribution in [-0.2, 0) is 9.53 Å². The number of aliphatic carboxylic acids is 1. The van der Waals surface area contributed by atoms with Gasteiger partial charge in [-0.05, 0) is 12.5 Å².